The summed E-state index contributed by atoms with van der Waals surface area (Å²) in [4.78, 5) is 19.7. The third-order valence-corrected chi connectivity index (χ3v) is 7.68. The summed E-state index contributed by atoms with van der Waals surface area (Å²) >= 11 is 0. The molecule has 2 unspecified atom stereocenters. The number of hydrogen-bond donors (Lipinski definition) is 3. The molecule has 1 saturated heterocycles. The third kappa shape index (κ3) is 4.10. The molecule has 3 N–H and O–H groups in total. The number of hydrogen-bond acceptors (Lipinski definition) is 5. The first-order valence-corrected chi connectivity index (χ1v) is 11.5. The van der Waals surface area contributed by atoms with Crippen molar-refractivity contribution in [2.75, 3.05) is 25.0 Å². The number of nitrogens with one attached hydrogen (secondary N) is 2. The average molecular weight is 464 g/mol. The Morgan fingerprint density at radius 1 is 1.28 bits per heavy atom. The minimum absolute atomic E-state index is 0.00343. The SMILES string of the molecule is CC1CN(S(=O)(=O)c2cc(C(=O)Nc3ccc(F)c(F)c3)c3nc[nH]c3c2)CCC1CO. The summed E-state index contributed by atoms with van der Waals surface area (Å²) in [5, 5.41) is 11.9. The number of anilines is 1. The highest BCUT2D eigenvalue weighted by Gasteiger charge is 2.34. The molecule has 0 saturated carbocycles. The number of aliphatic hydroxyl groups excluding tert-OH is 1. The van der Waals surface area contributed by atoms with Gasteiger partial charge in [0, 0.05) is 31.5 Å². The molecular weight excluding hydrogens is 442 g/mol. The number of benzene rings is 2. The Morgan fingerprint density at radius 2 is 2.06 bits per heavy atom. The van der Waals surface area contributed by atoms with Crippen molar-refractivity contribution in [3.8, 4) is 0 Å². The molecule has 1 aliphatic rings. The highest BCUT2D eigenvalue weighted by atomic mass is 32.2. The van der Waals surface area contributed by atoms with Crippen LogP contribution in [0.25, 0.3) is 11.0 Å². The quantitative estimate of drug-likeness (QED) is 0.537. The van der Waals surface area contributed by atoms with E-state index in [-0.39, 0.29) is 53.2 Å². The highest BCUT2D eigenvalue weighted by Crippen LogP contribution is 2.30. The Kier molecular flexibility index (Phi) is 5.97. The molecule has 0 aliphatic carbocycles. The maximum atomic E-state index is 13.5. The summed E-state index contributed by atoms with van der Waals surface area (Å²) in [5.41, 5.74) is 0.590. The molecule has 8 nitrogen and oxygen atoms in total. The second-order valence-electron chi connectivity index (χ2n) is 7.92. The summed E-state index contributed by atoms with van der Waals surface area (Å²) in [7, 11) is -3.92. The van der Waals surface area contributed by atoms with Crippen LogP contribution in [0, 0.1) is 23.5 Å². The summed E-state index contributed by atoms with van der Waals surface area (Å²) in [6.07, 6.45) is 1.87. The molecule has 170 valence electrons. The summed E-state index contributed by atoms with van der Waals surface area (Å²) in [6, 6.07) is 5.56. The number of carbonyl (C=O) groups is 1. The maximum absolute atomic E-state index is 13.5. The fraction of sp³-hybridized carbons (Fsp3) is 0.333. The van der Waals surface area contributed by atoms with Gasteiger partial charge in [-0.3, -0.25) is 4.79 Å². The molecule has 0 bridgehead atoms. The topological polar surface area (TPSA) is 115 Å². The number of rotatable bonds is 5. The zero-order chi connectivity index (χ0) is 23.0. The van der Waals surface area contributed by atoms with Gasteiger partial charge in [-0.1, -0.05) is 6.92 Å². The van der Waals surface area contributed by atoms with Crippen molar-refractivity contribution in [2.45, 2.75) is 18.2 Å². The monoisotopic (exact) mass is 464 g/mol. The Balaban J connectivity index is 1.68. The summed E-state index contributed by atoms with van der Waals surface area (Å²) in [5.74, 6) is -2.86. The van der Waals surface area contributed by atoms with Gasteiger partial charge in [-0.2, -0.15) is 4.31 Å². The van der Waals surface area contributed by atoms with Crippen LogP contribution in [-0.4, -0.2) is 53.4 Å². The first kappa shape index (κ1) is 22.3. The van der Waals surface area contributed by atoms with Gasteiger partial charge < -0.3 is 15.4 Å². The number of aliphatic hydroxyl groups is 1. The summed E-state index contributed by atoms with van der Waals surface area (Å²) in [6.45, 7) is 2.41. The zero-order valence-corrected chi connectivity index (χ0v) is 18.0. The van der Waals surface area contributed by atoms with Gasteiger partial charge in [0.1, 0.15) is 5.52 Å². The molecular formula is C21H22F2N4O4S. The van der Waals surface area contributed by atoms with Crippen LogP contribution in [0.5, 0.6) is 0 Å². The first-order chi connectivity index (χ1) is 15.2. The normalized spacial score (nSPS) is 19.9. The van der Waals surface area contributed by atoms with Gasteiger partial charge in [-0.25, -0.2) is 22.2 Å². The van der Waals surface area contributed by atoms with Gasteiger partial charge in [0.2, 0.25) is 10.0 Å². The average Bonchev–Trinajstić information content (AvgIpc) is 3.24. The minimum Gasteiger partial charge on any atom is -0.396 e. The number of nitrogens with zero attached hydrogens (tertiary/aromatic N) is 2. The fourth-order valence-corrected chi connectivity index (χ4v) is 5.52. The number of carbonyl (C=O) groups excluding carboxylic acids is 1. The summed E-state index contributed by atoms with van der Waals surface area (Å²) < 4.78 is 54.7. The van der Waals surface area contributed by atoms with E-state index >= 15 is 0 Å². The van der Waals surface area contributed by atoms with E-state index in [0.29, 0.717) is 11.9 Å². The lowest BCUT2D eigenvalue weighted by molar-refractivity contribution is 0.102. The maximum Gasteiger partial charge on any atom is 0.257 e. The Labute approximate surface area is 183 Å². The van der Waals surface area contributed by atoms with Gasteiger partial charge >= 0.3 is 0 Å². The Morgan fingerprint density at radius 3 is 2.75 bits per heavy atom. The van der Waals surface area contributed by atoms with E-state index in [9.17, 15) is 27.1 Å². The lowest BCUT2D eigenvalue weighted by Crippen LogP contribution is -2.43. The van der Waals surface area contributed by atoms with Crippen molar-refractivity contribution in [3.05, 3.63) is 53.9 Å². The van der Waals surface area contributed by atoms with E-state index in [0.717, 1.165) is 12.1 Å². The van der Waals surface area contributed by atoms with Crippen molar-refractivity contribution in [2.24, 2.45) is 11.8 Å². The van der Waals surface area contributed by atoms with E-state index in [1.165, 1.54) is 28.8 Å². The Bertz CT molecular complexity index is 1280. The van der Waals surface area contributed by atoms with Crippen molar-refractivity contribution < 1.29 is 27.1 Å². The fourth-order valence-electron chi connectivity index (χ4n) is 3.91. The first-order valence-electron chi connectivity index (χ1n) is 10.0. The predicted octanol–water partition coefficient (Wildman–Crippen LogP) is 2.73. The molecule has 1 fully saturated rings. The molecule has 11 heteroatoms. The zero-order valence-electron chi connectivity index (χ0n) is 17.2. The van der Waals surface area contributed by atoms with Crippen LogP contribution in [0.1, 0.15) is 23.7 Å². The molecule has 2 heterocycles. The predicted molar refractivity (Wildman–Crippen MR) is 114 cm³/mol. The minimum atomic E-state index is -3.92. The van der Waals surface area contributed by atoms with E-state index in [4.69, 9.17) is 0 Å². The smallest absolute Gasteiger partial charge is 0.257 e. The van der Waals surface area contributed by atoms with Crippen LogP contribution in [0.15, 0.2) is 41.6 Å². The molecule has 2 aromatic carbocycles. The molecule has 0 spiro atoms. The lowest BCUT2D eigenvalue weighted by Gasteiger charge is -2.35. The number of aromatic nitrogens is 2. The number of aromatic amines is 1. The molecule has 2 atom stereocenters. The number of H-pyrrole nitrogens is 1. The van der Waals surface area contributed by atoms with E-state index < -0.39 is 27.6 Å². The Hall–Kier alpha value is -2.89. The second-order valence-corrected chi connectivity index (χ2v) is 9.86. The van der Waals surface area contributed by atoms with Crippen molar-refractivity contribution in [1.29, 1.82) is 0 Å². The highest BCUT2D eigenvalue weighted by molar-refractivity contribution is 7.89. The van der Waals surface area contributed by atoms with Gasteiger partial charge in [0.25, 0.3) is 5.91 Å². The van der Waals surface area contributed by atoms with E-state index in [1.54, 1.807) is 0 Å². The number of sulfonamides is 1. The van der Waals surface area contributed by atoms with Crippen LogP contribution in [0.3, 0.4) is 0 Å². The molecule has 32 heavy (non-hydrogen) atoms. The van der Waals surface area contributed by atoms with Crippen molar-refractivity contribution in [1.82, 2.24) is 14.3 Å². The largest absolute Gasteiger partial charge is 0.396 e. The van der Waals surface area contributed by atoms with Gasteiger partial charge in [-0.15, -0.1) is 0 Å². The van der Waals surface area contributed by atoms with Gasteiger partial charge in [0.15, 0.2) is 11.6 Å². The van der Waals surface area contributed by atoms with Crippen LogP contribution < -0.4 is 5.32 Å². The number of piperidine rings is 1. The molecule has 1 amide bonds. The van der Waals surface area contributed by atoms with Gasteiger partial charge in [-0.05, 0) is 42.5 Å². The molecule has 3 aromatic rings. The molecule has 1 aromatic heterocycles. The lowest BCUT2D eigenvalue weighted by atomic mass is 9.89. The van der Waals surface area contributed by atoms with Crippen LogP contribution in [0.4, 0.5) is 14.5 Å². The van der Waals surface area contributed by atoms with Crippen LogP contribution in [-0.2, 0) is 10.0 Å². The number of imidazole rings is 1. The standard InChI is InChI=1S/C21H22F2N4O4S/c1-12-9-27(5-4-13(12)10-28)32(30,31)15-7-16(20-19(8-15)24-11-25-20)21(29)26-14-2-3-17(22)18(23)6-14/h2-3,6-8,11-13,28H,4-5,9-10H2,1H3,(H,24,25)(H,26,29). The number of amides is 1. The van der Waals surface area contributed by atoms with Crippen LogP contribution >= 0.6 is 0 Å². The number of halogens is 2. The van der Waals surface area contributed by atoms with Crippen LogP contribution in [0.2, 0.25) is 0 Å². The van der Waals surface area contributed by atoms with Crippen molar-refractivity contribution >= 4 is 32.7 Å². The molecule has 0 radical (unpaired) electrons. The van der Waals surface area contributed by atoms with Gasteiger partial charge in [0.05, 0.1) is 22.3 Å². The molecule has 4 rings (SSSR count). The van der Waals surface area contributed by atoms with E-state index in [1.807, 2.05) is 6.92 Å². The van der Waals surface area contributed by atoms with E-state index in [2.05, 4.69) is 15.3 Å². The third-order valence-electron chi connectivity index (χ3n) is 5.84. The molecule has 1 aliphatic heterocycles. The van der Waals surface area contributed by atoms with Crippen molar-refractivity contribution in [3.63, 3.8) is 0 Å². The second kappa shape index (κ2) is 8.57. The number of fused-ring (bicyclic) bond motifs is 1.